The summed E-state index contributed by atoms with van der Waals surface area (Å²) in [5, 5.41) is 7.19. The van der Waals surface area contributed by atoms with Gasteiger partial charge in [-0.05, 0) is 19.9 Å². The van der Waals surface area contributed by atoms with E-state index in [0.29, 0.717) is 12.2 Å². The van der Waals surface area contributed by atoms with Gasteiger partial charge in [-0.25, -0.2) is 0 Å². The lowest BCUT2D eigenvalue weighted by Crippen LogP contribution is -2.30. The van der Waals surface area contributed by atoms with E-state index >= 15 is 0 Å². The second-order valence-electron chi connectivity index (χ2n) is 5.32. The maximum absolute atomic E-state index is 12.8. The minimum atomic E-state index is -4.66. The molecule has 0 bridgehead atoms. The molecule has 0 radical (unpaired) electrons. The summed E-state index contributed by atoms with van der Waals surface area (Å²) < 4.78 is 41.1. The van der Waals surface area contributed by atoms with E-state index in [1.165, 1.54) is 11.8 Å². The molecule has 6 nitrogen and oxygen atoms in total. The highest BCUT2D eigenvalue weighted by atomic mass is 35.5. The summed E-state index contributed by atoms with van der Waals surface area (Å²) in [6.45, 7) is 3.97. The molecule has 0 aliphatic carbocycles. The molecule has 2 heterocycles. The van der Waals surface area contributed by atoms with Crippen LogP contribution in [0.2, 0.25) is 5.02 Å². The SMILES string of the molecule is CCn1ccc(CN(C)C(=O)Cn2nc(C(F)(F)F)c(Cl)c2C)n1. The van der Waals surface area contributed by atoms with Crippen LogP contribution >= 0.6 is 11.6 Å². The Labute approximate surface area is 141 Å². The topological polar surface area (TPSA) is 56.0 Å². The molecule has 0 aliphatic rings. The standard InChI is InChI=1S/C14H17ClF3N5O/c1-4-22-6-5-10(19-22)7-21(3)11(24)8-23-9(2)12(15)13(20-23)14(16,17)18/h5-6H,4,7-8H2,1-3H3. The van der Waals surface area contributed by atoms with Gasteiger partial charge in [-0.15, -0.1) is 0 Å². The minimum absolute atomic E-state index is 0.0982. The van der Waals surface area contributed by atoms with E-state index in [2.05, 4.69) is 10.2 Å². The van der Waals surface area contributed by atoms with E-state index in [4.69, 9.17) is 11.6 Å². The van der Waals surface area contributed by atoms with Crippen LogP contribution in [-0.2, 0) is 30.6 Å². The minimum Gasteiger partial charge on any atom is -0.338 e. The molecule has 10 heteroatoms. The Morgan fingerprint density at radius 2 is 2.04 bits per heavy atom. The maximum atomic E-state index is 12.8. The first-order valence-electron chi connectivity index (χ1n) is 7.19. The normalized spacial score (nSPS) is 11.8. The zero-order chi connectivity index (χ0) is 18.1. The summed E-state index contributed by atoms with van der Waals surface area (Å²) in [6.07, 6.45) is -2.87. The Kier molecular flexibility index (Phi) is 5.22. The van der Waals surface area contributed by atoms with Gasteiger partial charge in [-0.2, -0.15) is 23.4 Å². The second-order valence-corrected chi connectivity index (χ2v) is 5.69. The predicted octanol–water partition coefficient (Wildman–Crippen LogP) is 2.74. The number of aromatic nitrogens is 4. The Bertz CT molecular complexity index is 737. The van der Waals surface area contributed by atoms with Crippen LogP contribution in [-0.4, -0.2) is 37.4 Å². The van der Waals surface area contributed by atoms with Crippen LogP contribution in [0.1, 0.15) is 24.0 Å². The smallest absolute Gasteiger partial charge is 0.338 e. The molecule has 0 unspecified atom stereocenters. The van der Waals surface area contributed by atoms with E-state index in [9.17, 15) is 18.0 Å². The molecule has 0 N–H and O–H groups in total. The van der Waals surface area contributed by atoms with Gasteiger partial charge in [0.1, 0.15) is 6.54 Å². The van der Waals surface area contributed by atoms with Crippen LogP contribution in [0, 0.1) is 6.92 Å². The van der Waals surface area contributed by atoms with Crippen molar-refractivity contribution in [3.63, 3.8) is 0 Å². The number of aryl methyl sites for hydroxylation is 1. The van der Waals surface area contributed by atoms with E-state index < -0.39 is 22.8 Å². The van der Waals surface area contributed by atoms with E-state index in [1.807, 2.05) is 6.92 Å². The van der Waals surface area contributed by atoms with Gasteiger partial charge in [-0.1, -0.05) is 11.6 Å². The van der Waals surface area contributed by atoms with Crippen LogP contribution in [0.5, 0.6) is 0 Å². The number of carbonyl (C=O) groups is 1. The fourth-order valence-corrected chi connectivity index (χ4v) is 2.35. The van der Waals surface area contributed by atoms with Crippen molar-refractivity contribution < 1.29 is 18.0 Å². The molecule has 2 rings (SSSR count). The number of alkyl halides is 3. The molecule has 0 atom stereocenters. The van der Waals surface area contributed by atoms with Crippen molar-refractivity contribution in [3.8, 4) is 0 Å². The largest absolute Gasteiger partial charge is 0.436 e. The lowest BCUT2D eigenvalue weighted by atomic mass is 10.3. The first-order valence-corrected chi connectivity index (χ1v) is 7.57. The molecule has 0 spiro atoms. The number of rotatable bonds is 5. The lowest BCUT2D eigenvalue weighted by Gasteiger charge is -2.16. The van der Waals surface area contributed by atoms with Gasteiger partial charge in [0.25, 0.3) is 0 Å². The quantitative estimate of drug-likeness (QED) is 0.820. The molecule has 24 heavy (non-hydrogen) atoms. The van der Waals surface area contributed by atoms with Crippen molar-refractivity contribution in [3.05, 3.63) is 34.4 Å². The summed E-state index contributed by atoms with van der Waals surface area (Å²) >= 11 is 5.67. The summed E-state index contributed by atoms with van der Waals surface area (Å²) in [5.74, 6) is -0.392. The van der Waals surface area contributed by atoms with Crippen LogP contribution in [0.4, 0.5) is 13.2 Å². The molecule has 2 aromatic rings. The first kappa shape index (κ1) is 18.3. The molecule has 0 aliphatic heterocycles. The predicted molar refractivity (Wildman–Crippen MR) is 81.4 cm³/mol. The zero-order valence-corrected chi connectivity index (χ0v) is 14.2. The zero-order valence-electron chi connectivity index (χ0n) is 13.4. The highest BCUT2D eigenvalue weighted by Crippen LogP contribution is 2.35. The molecule has 132 valence electrons. The fourth-order valence-electron chi connectivity index (χ4n) is 2.10. The third-order valence-corrected chi connectivity index (χ3v) is 3.98. The summed E-state index contributed by atoms with van der Waals surface area (Å²) in [7, 11) is 1.55. The molecule has 2 aromatic heterocycles. The molecule has 0 fully saturated rings. The summed E-state index contributed by atoms with van der Waals surface area (Å²) in [6, 6.07) is 1.78. The molecular weight excluding hydrogens is 347 g/mol. The first-order chi connectivity index (χ1) is 11.1. The number of nitrogens with zero attached hydrogens (tertiary/aromatic N) is 5. The van der Waals surface area contributed by atoms with Crippen molar-refractivity contribution >= 4 is 17.5 Å². The Morgan fingerprint density at radius 3 is 2.54 bits per heavy atom. The highest BCUT2D eigenvalue weighted by molar-refractivity contribution is 6.32. The van der Waals surface area contributed by atoms with E-state index in [1.54, 1.807) is 24.0 Å². The van der Waals surface area contributed by atoms with Gasteiger partial charge >= 0.3 is 6.18 Å². The number of likely N-dealkylation sites (N-methyl/N-ethyl adjacent to an activating group) is 1. The highest BCUT2D eigenvalue weighted by Gasteiger charge is 2.38. The van der Waals surface area contributed by atoms with Crippen molar-refractivity contribution in [1.82, 2.24) is 24.5 Å². The molecule has 0 saturated carbocycles. The van der Waals surface area contributed by atoms with E-state index in [0.717, 1.165) is 4.68 Å². The maximum Gasteiger partial charge on any atom is 0.436 e. The van der Waals surface area contributed by atoms with Gasteiger partial charge in [0.15, 0.2) is 5.69 Å². The van der Waals surface area contributed by atoms with Crippen LogP contribution in [0.25, 0.3) is 0 Å². The average molecular weight is 364 g/mol. The number of halogens is 4. The lowest BCUT2D eigenvalue weighted by molar-refractivity contribution is -0.142. The Hall–Kier alpha value is -2.03. The fraction of sp³-hybridized carbons (Fsp3) is 0.500. The Morgan fingerprint density at radius 1 is 1.38 bits per heavy atom. The van der Waals surface area contributed by atoms with Gasteiger partial charge in [0.2, 0.25) is 5.91 Å². The number of amides is 1. The van der Waals surface area contributed by atoms with Crippen molar-refractivity contribution in [2.24, 2.45) is 0 Å². The third-order valence-electron chi connectivity index (χ3n) is 3.53. The van der Waals surface area contributed by atoms with Gasteiger partial charge in [-0.3, -0.25) is 14.2 Å². The van der Waals surface area contributed by atoms with Crippen molar-refractivity contribution in [1.29, 1.82) is 0 Å². The summed E-state index contributed by atoms with van der Waals surface area (Å²) in [5.41, 5.74) is -0.390. The number of hydrogen-bond acceptors (Lipinski definition) is 3. The number of carbonyl (C=O) groups excluding carboxylic acids is 1. The third kappa shape index (κ3) is 3.89. The number of hydrogen-bond donors (Lipinski definition) is 0. The molecular formula is C14H17ClF3N5O. The van der Waals surface area contributed by atoms with Crippen LogP contribution in [0.3, 0.4) is 0 Å². The van der Waals surface area contributed by atoms with Crippen molar-refractivity contribution in [2.45, 2.75) is 39.7 Å². The average Bonchev–Trinajstić information content (AvgIpc) is 3.06. The van der Waals surface area contributed by atoms with Crippen LogP contribution in [0.15, 0.2) is 12.3 Å². The van der Waals surface area contributed by atoms with Crippen LogP contribution < -0.4 is 0 Å². The monoisotopic (exact) mass is 363 g/mol. The van der Waals surface area contributed by atoms with Gasteiger partial charge in [0, 0.05) is 19.8 Å². The molecule has 1 amide bonds. The molecule has 0 saturated heterocycles. The molecule has 0 aromatic carbocycles. The Balaban J connectivity index is 2.09. The van der Waals surface area contributed by atoms with Gasteiger partial charge < -0.3 is 4.90 Å². The van der Waals surface area contributed by atoms with E-state index in [-0.39, 0.29) is 18.8 Å². The second kappa shape index (κ2) is 6.84. The summed E-state index contributed by atoms with van der Waals surface area (Å²) in [4.78, 5) is 13.6. The van der Waals surface area contributed by atoms with Crippen molar-refractivity contribution in [2.75, 3.05) is 7.05 Å². The van der Waals surface area contributed by atoms with Gasteiger partial charge in [0.05, 0.1) is 23.0 Å².